The SMILES string of the molecule is COc1cc(OC)cc(N(Cc2cccc(N)n2)c2ccc3ncc(-c4cnn(C)c4)nc3c2)c1. The Balaban J connectivity index is 1.62. The molecule has 35 heavy (non-hydrogen) atoms. The predicted molar refractivity (Wildman–Crippen MR) is 136 cm³/mol. The summed E-state index contributed by atoms with van der Waals surface area (Å²) in [5, 5.41) is 4.24. The molecule has 0 fully saturated rings. The average molecular weight is 468 g/mol. The molecule has 0 unspecified atom stereocenters. The van der Waals surface area contributed by atoms with Gasteiger partial charge >= 0.3 is 0 Å². The van der Waals surface area contributed by atoms with Crippen molar-refractivity contribution in [3.05, 3.63) is 78.9 Å². The summed E-state index contributed by atoms with van der Waals surface area (Å²) in [5.74, 6) is 1.84. The van der Waals surface area contributed by atoms with Gasteiger partial charge in [-0.2, -0.15) is 5.10 Å². The molecular weight excluding hydrogens is 442 g/mol. The zero-order valence-electron chi connectivity index (χ0n) is 19.7. The number of nitrogens with zero attached hydrogens (tertiary/aromatic N) is 6. The maximum Gasteiger partial charge on any atom is 0.124 e. The number of hydrogen-bond acceptors (Lipinski definition) is 8. The molecule has 0 atom stereocenters. The zero-order chi connectivity index (χ0) is 24.4. The fraction of sp³-hybridized carbons (Fsp3) is 0.154. The number of nitrogen functional groups attached to an aromatic ring is 1. The Morgan fingerprint density at radius 2 is 1.69 bits per heavy atom. The van der Waals surface area contributed by atoms with Gasteiger partial charge in [-0.3, -0.25) is 9.67 Å². The van der Waals surface area contributed by atoms with Crippen LogP contribution in [0.5, 0.6) is 11.5 Å². The van der Waals surface area contributed by atoms with Gasteiger partial charge in [-0.05, 0) is 30.3 Å². The minimum absolute atomic E-state index is 0.469. The molecule has 2 N–H and O–H groups in total. The molecular formula is C26H25N7O2. The fourth-order valence-corrected chi connectivity index (χ4v) is 3.89. The van der Waals surface area contributed by atoms with E-state index >= 15 is 0 Å². The van der Waals surface area contributed by atoms with E-state index in [-0.39, 0.29) is 0 Å². The lowest BCUT2D eigenvalue weighted by Gasteiger charge is -2.26. The second kappa shape index (κ2) is 9.30. The largest absolute Gasteiger partial charge is 0.497 e. The highest BCUT2D eigenvalue weighted by Gasteiger charge is 2.16. The van der Waals surface area contributed by atoms with Crippen molar-refractivity contribution >= 4 is 28.2 Å². The van der Waals surface area contributed by atoms with Crippen LogP contribution in [-0.2, 0) is 13.6 Å². The van der Waals surface area contributed by atoms with Crippen LogP contribution in [0.2, 0.25) is 0 Å². The monoisotopic (exact) mass is 467 g/mol. The summed E-state index contributed by atoms with van der Waals surface area (Å²) in [6, 6.07) is 17.4. The van der Waals surface area contributed by atoms with Crippen molar-refractivity contribution in [2.45, 2.75) is 6.54 Å². The van der Waals surface area contributed by atoms with Crippen LogP contribution >= 0.6 is 0 Å². The van der Waals surface area contributed by atoms with Gasteiger partial charge in [0, 0.05) is 48.4 Å². The lowest BCUT2D eigenvalue weighted by atomic mass is 10.1. The molecule has 176 valence electrons. The van der Waals surface area contributed by atoms with E-state index in [0.717, 1.165) is 39.4 Å². The van der Waals surface area contributed by atoms with Crippen molar-refractivity contribution in [1.29, 1.82) is 0 Å². The standard InChI is InChI=1S/C26H25N7O2/c1-32-15-17(13-29-32)25-14-28-23-8-7-19(11-24(23)31-25)33(16-18-5-4-6-26(27)30-18)20-9-21(34-2)12-22(10-20)35-3/h4-15H,16H2,1-3H3,(H2,27,30). The molecule has 9 nitrogen and oxygen atoms in total. The molecule has 0 saturated heterocycles. The number of anilines is 3. The predicted octanol–water partition coefficient (Wildman–Crippen LogP) is 4.36. The molecule has 0 spiro atoms. The van der Waals surface area contributed by atoms with Crippen molar-refractivity contribution in [3.8, 4) is 22.8 Å². The lowest BCUT2D eigenvalue weighted by Crippen LogP contribution is -2.18. The van der Waals surface area contributed by atoms with Crippen molar-refractivity contribution in [3.63, 3.8) is 0 Å². The Hall–Kier alpha value is -4.66. The molecule has 3 aromatic heterocycles. The molecule has 0 bridgehead atoms. The first kappa shape index (κ1) is 22.1. The van der Waals surface area contributed by atoms with Gasteiger partial charge in [-0.15, -0.1) is 0 Å². The molecule has 0 aliphatic rings. The maximum absolute atomic E-state index is 5.96. The van der Waals surface area contributed by atoms with Crippen molar-refractivity contribution in [2.75, 3.05) is 24.9 Å². The number of fused-ring (bicyclic) bond motifs is 1. The van der Waals surface area contributed by atoms with Gasteiger partial charge in [0.15, 0.2) is 0 Å². The second-order valence-corrected chi connectivity index (χ2v) is 8.04. The first-order chi connectivity index (χ1) is 17.0. The van der Waals surface area contributed by atoms with Gasteiger partial charge < -0.3 is 20.1 Å². The number of rotatable bonds is 7. The molecule has 0 aliphatic heterocycles. The van der Waals surface area contributed by atoms with Crippen molar-refractivity contribution in [2.24, 2.45) is 7.05 Å². The number of ether oxygens (including phenoxy) is 2. The van der Waals surface area contributed by atoms with Crippen LogP contribution in [0.1, 0.15) is 5.69 Å². The van der Waals surface area contributed by atoms with Gasteiger partial charge in [-0.25, -0.2) is 9.97 Å². The number of aromatic nitrogens is 5. The quantitative estimate of drug-likeness (QED) is 0.376. The Bertz CT molecular complexity index is 1480. The first-order valence-corrected chi connectivity index (χ1v) is 11.0. The summed E-state index contributed by atoms with van der Waals surface area (Å²) in [6.45, 7) is 0.475. The molecule has 0 aliphatic carbocycles. The Labute approximate surface area is 202 Å². The minimum Gasteiger partial charge on any atom is -0.497 e. The molecule has 0 radical (unpaired) electrons. The van der Waals surface area contributed by atoms with Crippen LogP contribution in [0.3, 0.4) is 0 Å². The summed E-state index contributed by atoms with van der Waals surface area (Å²) in [5.41, 5.74) is 11.8. The maximum atomic E-state index is 5.96. The summed E-state index contributed by atoms with van der Waals surface area (Å²) < 4.78 is 12.8. The highest BCUT2D eigenvalue weighted by molar-refractivity contribution is 5.82. The van der Waals surface area contributed by atoms with Crippen LogP contribution in [0.15, 0.2) is 73.2 Å². The van der Waals surface area contributed by atoms with Crippen LogP contribution in [0.4, 0.5) is 17.2 Å². The van der Waals surface area contributed by atoms with E-state index in [0.29, 0.717) is 23.9 Å². The Morgan fingerprint density at radius 1 is 0.886 bits per heavy atom. The number of benzene rings is 2. The number of nitrogens with two attached hydrogens (primary N) is 1. The van der Waals surface area contributed by atoms with E-state index < -0.39 is 0 Å². The average Bonchev–Trinajstić information content (AvgIpc) is 3.32. The van der Waals surface area contributed by atoms with Gasteiger partial charge in [0.05, 0.1) is 55.6 Å². The summed E-state index contributed by atoms with van der Waals surface area (Å²) in [4.78, 5) is 16.1. The molecule has 9 heteroatoms. The number of methoxy groups -OCH3 is 2. The van der Waals surface area contributed by atoms with Gasteiger partial charge in [0.25, 0.3) is 0 Å². The summed E-state index contributed by atoms with van der Waals surface area (Å²) in [7, 11) is 5.14. The van der Waals surface area contributed by atoms with E-state index in [1.807, 2.05) is 61.8 Å². The van der Waals surface area contributed by atoms with E-state index in [9.17, 15) is 0 Å². The van der Waals surface area contributed by atoms with E-state index in [1.54, 1.807) is 37.4 Å². The Kier molecular flexibility index (Phi) is 5.88. The molecule has 5 aromatic rings. The van der Waals surface area contributed by atoms with Crippen LogP contribution in [0, 0.1) is 0 Å². The normalized spacial score (nSPS) is 10.9. The van der Waals surface area contributed by atoms with Gasteiger partial charge in [-0.1, -0.05) is 6.07 Å². The van der Waals surface area contributed by atoms with Crippen LogP contribution in [-0.4, -0.2) is 39.0 Å². The summed E-state index contributed by atoms with van der Waals surface area (Å²) in [6.07, 6.45) is 5.46. The third kappa shape index (κ3) is 4.70. The number of hydrogen-bond donors (Lipinski definition) is 1. The number of pyridine rings is 1. The van der Waals surface area contributed by atoms with Gasteiger partial charge in [0.2, 0.25) is 0 Å². The third-order valence-corrected chi connectivity index (χ3v) is 5.63. The minimum atomic E-state index is 0.469. The molecule has 0 saturated carbocycles. The smallest absolute Gasteiger partial charge is 0.124 e. The first-order valence-electron chi connectivity index (χ1n) is 11.0. The molecule has 0 amide bonds. The van der Waals surface area contributed by atoms with Crippen LogP contribution < -0.4 is 20.1 Å². The van der Waals surface area contributed by atoms with Crippen molar-refractivity contribution < 1.29 is 9.47 Å². The fourth-order valence-electron chi connectivity index (χ4n) is 3.89. The van der Waals surface area contributed by atoms with E-state index in [2.05, 4.69) is 20.0 Å². The van der Waals surface area contributed by atoms with E-state index in [4.69, 9.17) is 20.2 Å². The lowest BCUT2D eigenvalue weighted by molar-refractivity contribution is 0.394. The molecule has 2 aromatic carbocycles. The highest BCUT2D eigenvalue weighted by atomic mass is 16.5. The Morgan fingerprint density at radius 3 is 2.37 bits per heavy atom. The summed E-state index contributed by atoms with van der Waals surface area (Å²) >= 11 is 0. The van der Waals surface area contributed by atoms with Gasteiger partial charge in [0.1, 0.15) is 17.3 Å². The number of aryl methyl sites for hydroxylation is 1. The molecule has 3 heterocycles. The zero-order valence-corrected chi connectivity index (χ0v) is 19.7. The third-order valence-electron chi connectivity index (χ3n) is 5.63. The highest BCUT2D eigenvalue weighted by Crippen LogP contribution is 2.35. The van der Waals surface area contributed by atoms with Crippen molar-refractivity contribution in [1.82, 2.24) is 24.7 Å². The van der Waals surface area contributed by atoms with Crippen LogP contribution in [0.25, 0.3) is 22.3 Å². The topological polar surface area (TPSA) is 104 Å². The van der Waals surface area contributed by atoms with E-state index in [1.165, 1.54) is 0 Å². The second-order valence-electron chi connectivity index (χ2n) is 8.04. The molecule has 5 rings (SSSR count).